The van der Waals surface area contributed by atoms with E-state index in [0.29, 0.717) is 5.92 Å². The molecule has 0 unspecified atom stereocenters. The first-order chi connectivity index (χ1) is 8.08. The topological polar surface area (TPSA) is 6.48 Å². The van der Waals surface area contributed by atoms with Crippen molar-refractivity contribution in [3.05, 3.63) is 28.8 Å². The number of hydrogen-bond donors (Lipinski definition) is 0. The van der Waals surface area contributed by atoms with Gasteiger partial charge in [-0.15, -0.1) is 0 Å². The fourth-order valence-corrected chi connectivity index (χ4v) is 2.64. The lowest BCUT2D eigenvalue weighted by Crippen LogP contribution is -2.44. The van der Waals surface area contributed by atoms with Crippen molar-refractivity contribution in [2.75, 3.05) is 38.1 Å². The molecule has 0 spiro atoms. The molecule has 0 atom stereocenters. The Kier molecular flexibility index (Phi) is 3.95. The maximum absolute atomic E-state index is 6.34. The molecule has 1 heterocycles. The van der Waals surface area contributed by atoms with Crippen LogP contribution in [0.1, 0.15) is 25.3 Å². The summed E-state index contributed by atoms with van der Waals surface area (Å²) in [5, 5.41) is 0.899. The summed E-state index contributed by atoms with van der Waals surface area (Å²) in [4.78, 5) is 4.77. The molecule has 0 aliphatic carbocycles. The van der Waals surface area contributed by atoms with E-state index in [0.717, 1.165) is 31.2 Å². The second-order valence-electron chi connectivity index (χ2n) is 5.15. The van der Waals surface area contributed by atoms with Crippen molar-refractivity contribution in [2.24, 2.45) is 0 Å². The van der Waals surface area contributed by atoms with E-state index in [4.69, 9.17) is 11.6 Å². The highest BCUT2D eigenvalue weighted by Crippen LogP contribution is 2.29. The van der Waals surface area contributed by atoms with Gasteiger partial charge in [0.2, 0.25) is 0 Å². The SMILES string of the molecule is CC(C)c1ccc(N2CCN(C)CC2)cc1Cl. The molecule has 1 aliphatic rings. The predicted molar refractivity (Wildman–Crippen MR) is 75.3 cm³/mol. The molecule has 1 saturated heterocycles. The van der Waals surface area contributed by atoms with Gasteiger partial charge in [-0.2, -0.15) is 0 Å². The molecule has 0 N–H and O–H groups in total. The standard InChI is InChI=1S/C14H21ClN2/c1-11(2)13-5-4-12(10-14(13)15)17-8-6-16(3)7-9-17/h4-5,10-11H,6-9H2,1-3H3. The number of hydrogen-bond acceptors (Lipinski definition) is 2. The molecule has 0 bridgehead atoms. The van der Waals surface area contributed by atoms with E-state index in [-0.39, 0.29) is 0 Å². The van der Waals surface area contributed by atoms with Crippen LogP contribution >= 0.6 is 11.6 Å². The molecule has 1 fully saturated rings. The van der Waals surface area contributed by atoms with Gasteiger partial charge in [0.1, 0.15) is 0 Å². The van der Waals surface area contributed by atoms with Gasteiger partial charge >= 0.3 is 0 Å². The third-order valence-corrected chi connectivity index (χ3v) is 3.80. The van der Waals surface area contributed by atoms with E-state index < -0.39 is 0 Å². The van der Waals surface area contributed by atoms with Gasteiger partial charge in [0.05, 0.1) is 0 Å². The van der Waals surface area contributed by atoms with Crippen molar-refractivity contribution < 1.29 is 0 Å². The van der Waals surface area contributed by atoms with E-state index in [9.17, 15) is 0 Å². The van der Waals surface area contributed by atoms with Gasteiger partial charge in [-0.3, -0.25) is 0 Å². The highest BCUT2D eigenvalue weighted by molar-refractivity contribution is 6.31. The van der Waals surface area contributed by atoms with Crippen molar-refractivity contribution in [1.82, 2.24) is 4.90 Å². The van der Waals surface area contributed by atoms with Crippen LogP contribution in [0.5, 0.6) is 0 Å². The largest absolute Gasteiger partial charge is 0.369 e. The normalized spacial score (nSPS) is 17.8. The molecule has 1 aromatic carbocycles. The first-order valence-corrected chi connectivity index (χ1v) is 6.68. The first kappa shape index (κ1) is 12.7. The Morgan fingerprint density at radius 3 is 2.29 bits per heavy atom. The Labute approximate surface area is 109 Å². The van der Waals surface area contributed by atoms with Crippen LogP contribution in [-0.4, -0.2) is 38.1 Å². The third-order valence-electron chi connectivity index (χ3n) is 3.47. The van der Waals surface area contributed by atoms with Gasteiger partial charge in [0, 0.05) is 36.9 Å². The minimum atomic E-state index is 0.490. The number of rotatable bonds is 2. The average Bonchev–Trinajstić information content (AvgIpc) is 2.29. The van der Waals surface area contributed by atoms with Crippen molar-refractivity contribution in [1.29, 1.82) is 0 Å². The van der Waals surface area contributed by atoms with E-state index in [1.165, 1.54) is 11.3 Å². The highest BCUT2D eigenvalue weighted by Gasteiger charge is 2.15. The lowest BCUT2D eigenvalue weighted by molar-refractivity contribution is 0.313. The average molecular weight is 253 g/mol. The zero-order chi connectivity index (χ0) is 12.4. The smallest absolute Gasteiger partial charge is 0.0461 e. The summed E-state index contributed by atoms with van der Waals surface area (Å²) < 4.78 is 0. The Morgan fingerprint density at radius 1 is 1.12 bits per heavy atom. The van der Waals surface area contributed by atoms with E-state index in [1.54, 1.807) is 0 Å². The fraction of sp³-hybridized carbons (Fsp3) is 0.571. The van der Waals surface area contributed by atoms with Gasteiger partial charge in [0.15, 0.2) is 0 Å². The van der Waals surface area contributed by atoms with Crippen molar-refractivity contribution in [2.45, 2.75) is 19.8 Å². The fourth-order valence-electron chi connectivity index (χ4n) is 2.25. The van der Waals surface area contributed by atoms with Crippen molar-refractivity contribution in [3.63, 3.8) is 0 Å². The van der Waals surface area contributed by atoms with Crippen LogP contribution in [0.2, 0.25) is 5.02 Å². The first-order valence-electron chi connectivity index (χ1n) is 6.31. The molecular weight excluding hydrogens is 232 g/mol. The monoisotopic (exact) mass is 252 g/mol. The minimum Gasteiger partial charge on any atom is -0.369 e. The van der Waals surface area contributed by atoms with E-state index in [2.05, 4.69) is 48.9 Å². The summed E-state index contributed by atoms with van der Waals surface area (Å²) in [6.45, 7) is 8.79. The Bertz CT molecular complexity index is 382. The van der Waals surface area contributed by atoms with Gasteiger partial charge in [-0.1, -0.05) is 31.5 Å². The second-order valence-corrected chi connectivity index (χ2v) is 5.56. The third kappa shape index (κ3) is 2.93. The van der Waals surface area contributed by atoms with Gasteiger partial charge in [-0.05, 0) is 30.7 Å². The second kappa shape index (κ2) is 5.28. The number of likely N-dealkylation sites (N-methyl/N-ethyl adjacent to an activating group) is 1. The molecule has 1 aromatic rings. The van der Waals surface area contributed by atoms with Gasteiger partial charge in [-0.25, -0.2) is 0 Å². The van der Waals surface area contributed by atoms with Crippen LogP contribution in [0.3, 0.4) is 0 Å². The van der Waals surface area contributed by atoms with Crippen molar-refractivity contribution in [3.8, 4) is 0 Å². The Morgan fingerprint density at radius 2 is 1.76 bits per heavy atom. The van der Waals surface area contributed by atoms with Crippen LogP contribution in [0.15, 0.2) is 18.2 Å². The van der Waals surface area contributed by atoms with E-state index in [1.807, 2.05) is 0 Å². The number of benzene rings is 1. The minimum absolute atomic E-state index is 0.490. The summed E-state index contributed by atoms with van der Waals surface area (Å²) in [6.07, 6.45) is 0. The maximum atomic E-state index is 6.34. The number of halogens is 1. The lowest BCUT2D eigenvalue weighted by atomic mass is 10.0. The molecular formula is C14H21ClN2. The summed E-state index contributed by atoms with van der Waals surface area (Å²) in [6, 6.07) is 6.48. The molecule has 3 heteroatoms. The van der Waals surface area contributed by atoms with Crippen LogP contribution in [0.25, 0.3) is 0 Å². The summed E-state index contributed by atoms with van der Waals surface area (Å²) in [7, 11) is 2.17. The zero-order valence-electron chi connectivity index (χ0n) is 10.9. The predicted octanol–water partition coefficient (Wildman–Crippen LogP) is 3.22. The highest BCUT2D eigenvalue weighted by atomic mass is 35.5. The summed E-state index contributed by atoms with van der Waals surface area (Å²) in [5.74, 6) is 0.490. The molecule has 0 amide bonds. The molecule has 0 radical (unpaired) electrons. The van der Waals surface area contributed by atoms with Crippen LogP contribution < -0.4 is 4.90 Å². The van der Waals surface area contributed by atoms with Crippen LogP contribution in [-0.2, 0) is 0 Å². The number of piperazine rings is 1. The molecule has 17 heavy (non-hydrogen) atoms. The number of nitrogens with zero attached hydrogens (tertiary/aromatic N) is 2. The molecule has 0 aromatic heterocycles. The molecule has 0 saturated carbocycles. The maximum Gasteiger partial charge on any atom is 0.0461 e. The lowest BCUT2D eigenvalue weighted by Gasteiger charge is -2.34. The van der Waals surface area contributed by atoms with Crippen LogP contribution in [0.4, 0.5) is 5.69 Å². The Hall–Kier alpha value is -0.730. The van der Waals surface area contributed by atoms with Gasteiger partial charge in [0.25, 0.3) is 0 Å². The molecule has 94 valence electrons. The summed E-state index contributed by atoms with van der Waals surface area (Å²) >= 11 is 6.34. The molecule has 1 aliphatic heterocycles. The number of anilines is 1. The van der Waals surface area contributed by atoms with Crippen LogP contribution in [0, 0.1) is 0 Å². The molecule has 2 rings (SSSR count). The van der Waals surface area contributed by atoms with Gasteiger partial charge < -0.3 is 9.80 Å². The zero-order valence-corrected chi connectivity index (χ0v) is 11.7. The quantitative estimate of drug-likeness (QED) is 0.798. The Balaban J connectivity index is 2.14. The van der Waals surface area contributed by atoms with E-state index >= 15 is 0 Å². The molecule has 2 nitrogen and oxygen atoms in total. The summed E-state index contributed by atoms with van der Waals surface area (Å²) in [5.41, 5.74) is 2.50. The van der Waals surface area contributed by atoms with Crippen molar-refractivity contribution >= 4 is 17.3 Å².